The number of nitrogens with one attached hydrogen (secondary N) is 1. The van der Waals surface area contributed by atoms with Crippen molar-refractivity contribution in [2.24, 2.45) is 0 Å². The summed E-state index contributed by atoms with van der Waals surface area (Å²) in [6.45, 7) is 7.41. The second-order valence-corrected chi connectivity index (χ2v) is 5.90. The molecule has 4 nitrogen and oxygen atoms in total. The Morgan fingerprint density at radius 2 is 2.05 bits per heavy atom. The summed E-state index contributed by atoms with van der Waals surface area (Å²) in [5, 5.41) is 3.13. The Morgan fingerprint density at radius 3 is 2.47 bits per heavy atom. The van der Waals surface area contributed by atoms with Crippen LogP contribution in [-0.2, 0) is 9.53 Å². The maximum absolute atomic E-state index is 11.9. The van der Waals surface area contributed by atoms with E-state index in [4.69, 9.17) is 4.74 Å². The maximum Gasteiger partial charge on any atom is 0.325 e. The lowest BCUT2D eigenvalue weighted by molar-refractivity contribution is -0.148. The first-order valence-electron chi connectivity index (χ1n) is 7.51. The minimum absolute atomic E-state index is 0.177. The second-order valence-electron chi connectivity index (χ2n) is 5.90. The van der Waals surface area contributed by atoms with Gasteiger partial charge in [-0.25, -0.2) is 0 Å². The lowest BCUT2D eigenvalue weighted by Gasteiger charge is -2.38. The highest BCUT2D eigenvalue weighted by Gasteiger charge is 2.37. The van der Waals surface area contributed by atoms with Crippen molar-refractivity contribution in [2.75, 3.05) is 20.7 Å². The minimum Gasteiger partial charge on any atom is -0.468 e. The molecule has 19 heavy (non-hydrogen) atoms. The van der Waals surface area contributed by atoms with Gasteiger partial charge in [-0.3, -0.25) is 9.69 Å². The van der Waals surface area contributed by atoms with Crippen LogP contribution in [0.25, 0.3) is 0 Å². The Kier molecular flexibility index (Phi) is 6.27. The fourth-order valence-corrected chi connectivity index (χ4v) is 3.39. The molecule has 1 rings (SSSR count). The standard InChI is InChI=1S/C15H30N2O2/c1-6-17(13-9-7-8-10-13)12(2)11-15(3,16-4)14(18)19-5/h12-13,16H,6-11H2,1-5H3. The Morgan fingerprint density at radius 1 is 1.47 bits per heavy atom. The van der Waals surface area contributed by atoms with Gasteiger partial charge in [0.25, 0.3) is 0 Å². The molecule has 1 N–H and O–H groups in total. The van der Waals surface area contributed by atoms with Crippen LogP contribution < -0.4 is 5.32 Å². The Hall–Kier alpha value is -0.610. The summed E-state index contributed by atoms with van der Waals surface area (Å²) in [6.07, 6.45) is 6.06. The van der Waals surface area contributed by atoms with E-state index < -0.39 is 5.54 Å². The van der Waals surface area contributed by atoms with Gasteiger partial charge in [-0.1, -0.05) is 19.8 Å². The summed E-state index contributed by atoms with van der Waals surface area (Å²) >= 11 is 0. The van der Waals surface area contributed by atoms with Crippen LogP contribution in [0, 0.1) is 0 Å². The van der Waals surface area contributed by atoms with Crippen LogP contribution in [0.3, 0.4) is 0 Å². The molecular formula is C15H30N2O2. The van der Waals surface area contributed by atoms with E-state index in [1.165, 1.54) is 32.8 Å². The van der Waals surface area contributed by atoms with Crippen molar-refractivity contribution >= 4 is 5.97 Å². The Labute approximate surface area is 117 Å². The van der Waals surface area contributed by atoms with Crippen LogP contribution >= 0.6 is 0 Å². The van der Waals surface area contributed by atoms with Crippen molar-refractivity contribution in [3.05, 3.63) is 0 Å². The molecule has 2 atom stereocenters. The van der Waals surface area contributed by atoms with Gasteiger partial charge in [-0.05, 0) is 46.7 Å². The van der Waals surface area contributed by atoms with Crippen molar-refractivity contribution in [2.45, 2.75) is 70.5 Å². The number of nitrogens with zero attached hydrogens (tertiary/aromatic N) is 1. The fraction of sp³-hybridized carbons (Fsp3) is 0.933. The molecule has 0 saturated heterocycles. The molecule has 0 aromatic heterocycles. The summed E-state index contributed by atoms with van der Waals surface area (Å²) in [5.74, 6) is -0.177. The van der Waals surface area contributed by atoms with Gasteiger partial charge in [0.2, 0.25) is 0 Å². The lowest BCUT2D eigenvalue weighted by atomic mass is 9.92. The summed E-state index contributed by atoms with van der Waals surface area (Å²) in [4.78, 5) is 14.5. The number of likely N-dealkylation sites (N-methyl/N-ethyl adjacent to an activating group) is 1. The normalized spacial score (nSPS) is 21.4. The van der Waals surface area contributed by atoms with E-state index in [0.29, 0.717) is 12.1 Å². The molecular weight excluding hydrogens is 240 g/mol. The highest BCUT2D eigenvalue weighted by molar-refractivity contribution is 5.80. The van der Waals surface area contributed by atoms with E-state index in [1.54, 1.807) is 0 Å². The van der Waals surface area contributed by atoms with E-state index in [2.05, 4.69) is 24.1 Å². The third-order valence-corrected chi connectivity index (χ3v) is 4.62. The van der Waals surface area contributed by atoms with Gasteiger partial charge >= 0.3 is 5.97 Å². The number of hydrogen-bond donors (Lipinski definition) is 1. The molecule has 1 aliphatic rings. The fourth-order valence-electron chi connectivity index (χ4n) is 3.39. The van der Waals surface area contributed by atoms with Gasteiger partial charge in [0, 0.05) is 12.1 Å². The number of methoxy groups -OCH3 is 1. The van der Waals surface area contributed by atoms with Crippen molar-refractivity contribution in [3.63, 3.8) is 0 Å². The van der Waals surface area contributed by atoms with Crippen molar-refractivity contribution < 1.29 is 9.53 Å². The molecule has 1 aliphatic carbocycles. The maximum atomic E-state index is 11.9. The Bertz CT molecular complexity index is 290. The van der Waals surface area contributed by atoms with Crippen LogP contribution in [0.5, 0.6) is 0 Å². The van der Waals surface area contributed by atoms with E-state index in [9.17, 15) is 4.79 Å². The smallest absolute Gasteiger partial charge is 0.325 e. The topological polar surface area (TPSA) is 41.6 Å². The van der Waals surface area contributed by atoms with Gasteiger partial charge in [-0.2, -0.15) is 0 Å². The molecule has 0 aromatic rings. The first kappa shape index (κ1) is 16.4. The number of hydrogen-bond acceptors (Lipinski definition) is 4. The largest absolute Gasteiger partial charge is 0.468 e. The minimum atomic E-state index is -0.597. The molecule has 0 amide bonds. The third kappa shape index (κ3) is 3.93. The number of carbonyl (C=O) groups is 1. The SMILES string of the molecule is CCN(C(C)CC(C)(NC)C(=O)OC)C1CCCC1. The molecule has 0 aromatic carbocycles. The number of esters is 1. The molecule has 0 spiro atoms. The van der Waals surface area contributed by atoms with Crippen molar-refractivity contribution in [3.8, 4) is 0 Å². The highest BCUT2D eigenvalue weighted by Crippen LogP contribution is 2.27. The summed E-state index contributed by atoms with van der Waals surface area (Å²) in [7, 11) is 3.28. The van der Waals surface area contributed by atoms with E-state index in [-0.39, 0.29) is 5.97 Å². The zero-order valence-corrected chi connectivity index (χ0v) is 13.2. The van der Waals surface area contributed by atoms with Gasteiger partial charge < -0.3 is 10.1 Å². The van der Waals surface area contributed by atoms with E-state index >= 15 is 0 Å². The molecule has 4 heteroatoms. The van der Waals surface area contributed by atoms with Crippen LogP contribution in [0.15, 0.2) is 0 Å². The summed E-state index contributed by atoms with van der Waals surface area (Å²) in [6, 6.07) is 1.07. The van der Waals surface area contributed by atoms with Crippen LogP contribution in [0.4, 0.5) is 0 Å². The second kappa shape index (κ2) is 7.25. The van der Waals surface area contributed by atoms with Crippen LogP contribution in [-0.4, -0.2) is 49.2 Å². The molecule has 1 saturated carbocycles. The van der Waals surface area contributed by atoms with E-state index in [0.717, 1.165) is 13.0 Å². The zero-order chi connectivity index (χ0) is 14.5. The monoisotopic (exact) mass is 270 g/mol. The predicted octanol–water partition coefficient (Wildman–Crippen LogP) is 2.18. The summed E-state index contributed by atoms with van der Waals surface area (Å²) < 4.78 is 4.93. The average Bonchev–Trinajstić information content (AvgIpc) is 2.92. The molecule has 0 heterocycles. The number of ether oxygens (including phenoxy) is 1. The van der Waals surface area contributed by atoms with Crippen molar-refractivity contribution in [1.82, 2.24) is 10.2 Å². The average molecular weight is 270 g/mol. The van der Waals surface area contributed by atoms with Gasteiger partial charge in [0.1, 0.15) is 5.54 Å². The molecule has 0 aliphatic heterocycles. The zero-order valence-electron chi connectivity index (χ0n) is 13.2. The van der Waals surface area contributed by atoms with Crippen LogP contribution in [0.2, 0.25) is 0 Å². The predicted molar refractivity (Wildman–Crippen MR) is 78.2 cm³/mol. The first-order chi connectivity index (χ1) is 8.98. The molecule has 0 radical (unpaired) electrons. The van der Waals surface area contributed by atoms with Crippen LogP contribution in [0.1, 0.15) is 52.9 Å². The highest BCUT2D eigenvalue weighted by atomic mass is 16.5. The summed E-state index contributed by atoms with van der Waals surface area (Å²) in [5.41, 5.74) is -0.597. The molecule has 2 unspecified atom stereocenters. The number of carbonyl (C=O) groups excluding carboxylic acids is 1. The third-order valence-electron chi connectivity index (χ3n) is 4.62. The lowest BCUT2D eigenvalue weighted by Crippen LogP contribution is -2.53. The van der Waals surface area contributed by atoms with Crippen molar-refractivity contribution in [1.29, 1.82) is 0 Å². The van der Waals surface area contributed by atoms with E-state index in [1.807, 2.05) is 14.0 Å². The molecule has 1 fully saturated rings. The molecule has 0 bridgehead atoms. The number of rotatable bonds is 7. The van der Waals surface area contributed by atoms with Gasteiger partial charge in [0.15, 0.2) is 0 Å². The van der Waals surface area contributed by atoms with Gasteiger partial charge in [0.05, 0.1) is 7.11 Å². The first-order valence-corrected chi connectivity index (χ1v) is 7.51. The van der Waals surface area contributed by atoms with Gasteiger partial charge in [-0.15, -0.1) is 0 Å². The molecule has 112 valence electrons. The quantitative estimate of drug-likeness (QED) is 0.720. The Balaban J connectivity index is 2.69.